The quantitative estimate of drug-likeness (QED) is 0.460. The number of amides is 1. The molecular weight excluding hydrogens is 492 g/mol. The summed E-state index contributed by atoms with van der Waals surface area (Å²) in [6.07, 6.45) is 1.27. The Morgan fingerprint density at radius 3 is 2.26 bits per heavy atom. The van der Waals surface area contributed by atoms with Crippen LogP contribution >= 0.6 is 35.9 Å². The molecule has 2 aromatic carbocycles. The van der Waals surface area contributed by atoms with E-state index < -0.39 is 16.9 Å². The lowest BCUT2D eigenvalue weighted by Gasteiger charge is -2.53. The van der Waals surface area contributed by atoms with Gasteiger partial charge in [0.2, 0.25) is 5.91 Å². The molecule has 0 radical (unpaired) electrons. The van der Waals surface area contributed by atoms with Gasteiger partial charge in [0, 0.05) is 30.8 Å². The maximum atomic E-state index is 14.0. The lowest BCUT2D eigenvalue weighted by molar-refractivity contribution is -0.154. The summed E-state index contributed by atoms with van der Waals surface area (Å²) in [5.41, 5.74) is 7.85. The molecule has 3 aliphatic rings. The van der Waals surface area contributed by atoms with Crippen molar-refractivity contribution in [2.24, 2.45) is 5.73 Å². The van der Waals surface area contributed by atoms with Crippen LogP contribution in [0.2, 0.25) is 0 Å². The number of carbonyl (C=O) groups excluding carboxylic acids is 2. The molecule has 3 fully saturated rings. The molecule has 2 unspecified atom stereocenters. The Kier molecular flexibility index (Phi) is 8.15. The Balaban J connectivity index is 0.00000274. The van der Waals surface area contributed by atoms with E-state index in [1.165, 1.54) is 0 Å². The number of ether oxygens (including phenoxy) is 2. The second-order valence-electron chi connectivity index (χ2n) is 8.72. The lowest BCUT2D eigenvalue weighted by Crippen LogP contribution is -2.73. The number of β-lactam (4-membered cyclic amide) rings is 1. The normalized spacial score (nSPS) is 26.9. The van der Waals surface area contributed by atoms with Gasteiger partial charge in [-0.05, 0) is 24.0 Å². The van der Waals surface area contributed by atoms with E-state index in [0.29, 0.717) is 30.8 Å². The monoisotopic (exact) mass is 520 g/mol. The van der Waals surface area contributed by atoms with Gasteiger partial charge in [-0.1, -0.05) is 60.7 Å². The van der Waals surface area contributed by atoms with Crippen LogP contribution in [0.1, 0.15) is 30.1 Å². The number of fused-ring (bicyclic) bond motifs is 1. The van der Waals surface area contributed by atoms with Crippen LogP contribution in [-0.4, -0.2) is 63.7 Å². The molecule has 3 saturated heterocycles. The van der Waals surface area contributed by atoms with E-state index in [4.69, 9.17) is 15.2 Å². The van der Waals surface area contributed by atoms with Crippen molar-refractivity contribution in [3.63, 3.8) is 0 Å². The van der Waals surface area contributed by atoms with Crippen LogP contribution in [-0.2, 0) is 19.1 Å². The maximum Gasteiger partial charge on any atom is 0.325 e. The fourth-order valence-electron chi connectivity index (χ4n) is 4.61. The van der Waals surface area contributed by atoms with E-state index in [1.807, 2.05) is 60.7 Å². The van der Waals surface area contributed by atoms with Gasteiger partial charge >= 0.3 is 5.97 Å². The van der Waals surface area contributed by atoms with E-state index in [2.05, 4.69) is 0 Å². The van der Waals surface area contributed by atoms with Gasteiger partial charge < -0.3 is 20.1 Å². The molecule has 9 heteroatoms. The van der Waals surface area contributed by atoms with E-state index in [0.717, 1.165) is 24.0 Å². The van der Waals surface area contributed by atoms with Crippen LogP contribution in [0.15, 0.2) is 60.7 Å². The zero-order chi connectivity index (χ0) is 22.8. The maximum absolute atomic E-state index is 14.0. The summed E-state index contributed by atoms with van der Waals surface area (Å²) in [7, 11) is 0. The topological polar surface area (TPSA) is 81.9 Å². The third-order valence-corrected chi connectivity index (χ3v) is 9.89. The minimum Gasteiger partial charge on any atom is -0.451 e. The molecule has 2 aromatic rings. The predicted molar refractivity (Wildman–Crippen MR) is 138 cm³/mol. The molecule has 5 rings (SSSR count). The standard InChI is InChI=1S/C25H28N2O4S2.ClH/c26-20-22(28)27-15-25(16-32-23(20)27,33-19-11-13-30-14-12-19)24(29)31-21(17-7-3-1-4-8-17)18-9-5-2-6-10-18;/h1-10,19-21,23H,11-16,26H2;1H/t20?,23-,25?;/m1./s1. The summed E-state index contributed by atoms with van der Waals surface area (Å²) < 4.78 is 11.0. The SMILES string of the molecule is Cl.NC1C(=O)N2CC(SC3CCOCC3)(C(=O)OC(c3ccccc3)c3ccccc3)CS[C@H]12. The highest BCUT2D eigenvalue weighted by molar-refractivity contribution is 8.05. The van der Waals surface area contributed by atoms with Crippen molar-refractivity contribution in [2.75, 3.05) is 25.5 Å². The Hall–Kier alpha value is -1.71. The van der Waals surface area contributed by atoms with Crippen LogP contribution in [0.4, 0.5) is 0 Å². The lowest BCUT2D eigenvalue weighted by atomic mass is 10.00. The smallest absolute Gasteiger partial charge is 0.325 e. The van der Waals surface area contributed by atoms with Crippen LogP contribution < -0.4 is 5.73 Å². The number of thioether (sulfide) groups is 2. The molecule has 2 N–H and O–H groups in total. The van der Waals surface area contributed by atoms with E-state index in [-0.39, 0.29) is 29.7 Å². The molecule has 3 aliphatic heterocycles. The summed E-state index contributed by atoms with van der Waals surface area (Å²) in [5.74, 6) is 0.224. The van der Waals surface area contributed by atoms with Gasteiger partial charge in [-0.2, -0.15) is 0 Å². The van der Waals surface area contributed by atoms with Crippen LogP contribution in [0.25, 0.3) is 0 Å². The number of nitrogens with zero attached hydrogens (tertiary/aromatic N) is 1. The largest absolute Gasteiger partial charge is 0.451 e. The molecule has 0 aromatic heterocycles. The van der Waals surface area contributed by atoms with Crippen LogP contribution in [0.5, 0.6) is 0 Å². The number of rotatable bonds is 6. The first-order valence-corrected chi connectivity index (χ1v) is 13.2. The molecule has 3 heterocycles. The summed E-state index contributed by atoms with van der Waals surface area (Å²) >= 11 is 3.26. The Morgan fingerprint density at radius 1 is 1.09 bits per heavy atom. The van der Waals surface area contributed by atoms with Crippen molar-refractivity contribution >= 4 is 47.8 Å². The van der Waals surface area contributed by atoms with Gasteiger partial charge in [-0.25, -0.2) is 0 Å². The molecule has 0 spiro atoms. The molecule has 0 saturated carbocycles. The molecule has 0 bridgehead atoms. The number of carbonyl (C=O) groups is 2. The Labute approximate surface area is 214 Å². The Bertz CT molecular complexity index is 953. The average molecular weight is 521 g/mol. The zero-order valence-electron chi connectivity index (χ0n) is 18.7. The number of esters is 1. The zero-order valence-corrected chi connectivity index (χ0v) is 21.2. The van der Waals surface area contributed by atoms with Crippen molar-refractivity contribution < 1.29 is 19.1 Å². The first kappa shape index (κ1) is 25.4. The van der Waals surface area contributed by atoms with Crippen LogP contribution in [0, 0.1) is 0 Å². The molecule has 0 aliphatic carbocycles. The fraction of sp³-hybridized carbons (Fsp3) is 0.440. The summed E-state index contributed by atoms with van der Waals surface area (Å²) in [5, 5.41) is 0.244. The highest BCUT2D eigenvalue weighted by atomic mass is 35.5. The van der Waals surface area contributed by atoms with Crippen molar-refractivity contribution in [1.29, 1.82) is 0 Å². The third kappa shape index (κ3) is 4.97. The van der Waals surface area contributed by atoms with E-state index >= 15 is 0 Å². The van der Waals surface area contributed by atoms with E-state index in [9.17, 15) is 9.59 Å². The first-order valence-electron chi connectivity index (χ1n) is 11.3. The molecule has 182 valence electrons. The van der Waals surface area contributed by atoms with Crippen molar-refractivity contribution in [2.45, 2.75) is 40.4 Å². The van der Waals surface area contributed by atoms with Crippen molar-refractivity contribution in [3.05, 3.63) is 71.8 Å². The van der Waals surface area contributed by atoms with Gasteiger partial charge in [0.1, 0.15) is 16.2 Å². The summed E-state index contributed by atoms with van der Waals surface area (Å²) in [4.78, 5) is 28.2. The molecule has 6 nitrogen and oxygen atoms in total. The number of nitrogens with two attached hydrogens (primary N) is 1. The van der Waals surface area contributed by atoms with Gasteiger partial charge in [0.15, 0.2) is 6.10 Å². The molecule has 34 heavy (non-hydrogen) atoms. The van der Waals surface area contributed by atoms with Gasteiger partial charge in [0.25, 0.3) is 0 Å². The minimum atomic E-state index is -0.833. The first-order chi connectivity index (χ1) is 16.1. The molecule has 1 amide bonds. The van der Waals surface area contributed by atoms with Crippen LogP contribution in [0.3, 0.4) is 0 Å². The fourth-order valence-corrected chi connectivity index (χ4v) is 7.84. The highest BCUT2D eigenvalue weighted by Crippen LogP contribution is 2.47. The number of benzene rings is 2. The second-order valence-corrected chi connectivity index (χ2v) is 11.5. The molecular formula is C25H29ClN2O4S2. The second kappa shape index (κ2) is 10.9. The highest BCUT2D eigenvalue weighted by Gasteiger charge is 2.57. The van der Waals surface area contributed by atoms with Gasteiger partial charge in [-0.3, -0.25) is 9.59 Å². The van der Waals surface area contributed by atoms with Gasteiger partial charge in [-0.15, -0.1) is 35.9 Å². The van der Waals surface area contributed by atoms with Crippen molar-refractivity contribution in [3.8, 4) is 0 Å². The predicted octanol–water partition coefficient (Wildman–Crippen LogP) is 3.63. The number of hydrogen-bond acceptors (Lipinski definition) is 7. The van der Waals surface area contributed by atoms with E-state index in [1.54, 1.807) is 28.4 Å². The molecule has 3 atom stereocenters. The van der Waals surface area contributed by atoms with Crippen molar-refractivity contribution in [1.82, 2.24) is 4.90 Å². The summed E-state index contributed by atoms with van der Waals surface area (Å²) in [6.45, 7) is 1.74. The number of halogens is 1. The third-order valence-electron chi connectivity index (χ3n) is 6.46. The van der Waals surface area contributed by atoms with Gasteiger partial charge in [0.05, 0.1) is 0 Å². The minimum absolute atomic E-state index is 0. The summed E-state index contributed by atoms with van der Waals surface area (Å²) in [6, 6.07) is 19.1. The number of hydrogen-bond donors (Lipinski definition) is 1. The average Bonchev–Trinajstić information content (AvgIpc) is 2.88. The Morgan fingerprint density at radius 2 is 1.68 bits per heavy atom.